The van der Waals surface area contributed by atoms with Gasteiger partial charge < -0.3 is 9.80 Å². The Bertz CT molecular complexity index is 740. The molecule has 28 heavy (non-hydrogen) atoms. The number of tetrazole rings is 1. The number of piperazine rings is 1. The quantitative estimate of drug-likeness (QED) is 0.764. The number of rotatable bonds is 6. The minimum absolute atomic E-state index is 0.116. The van der Waals surface area contributed by atoms with Gasteiger partial charge in [0.25, 0.3) is 0 Å². The van der Waals surface area contributed by atoms with Crippen LogP contribution in [0, 0.1) is 0 Å². The zero-order valence-electron chi connectivity index (χ0n) is 17.5. The van der Waals surface area contributed by atoms with Crippen molar-refractivity contribution in [3.8, 4) is 0 Å². The molecule has 1 atom stereocenters. The van der Waals surface area contributed by atoms with Gasteiger partial charge in [0, 0.05) is 46.0 Å². The predicted molar refractivity (Wildman–Crippen MR) is 112 cm³/mol. The van der Waals surface area contributed by atoms with Gasteiger partial charge in [0.05, 0.1) is 12.1 Å². The topological polar surface area (TPSA) is 53.3 Å². The van der Waals surface area contributed by atoms with Crippen molar-refractivity contribution < 1.29 is 0 Å². The summed E-state index contributed by atoms with van der Waals surface area (Å²) in [7, 11) is 4.16. The Kier molecular flexibility index (Phi) is 5.92. The van der Waals surface area contributed by atoms with Crippen molar-refractivity contribution in [3.63, 3.8) is 0 Å². The van der Waals surface area contributed by atoms with Crippen LogP contribution in [-0.4, -0.2) is 76.8 Å². The van der Waals surface area contributed by atoms with E-state index in [1.807, 2.05) is 0 Å². The zero-order valence-corrected chi connectivity index (χ0v) is 17.5. The minimum Gasteiger partial charge on any atom is -0.378 e. The summed E-state index contributed by atoms with van der Waals surface area (Å²) in [6, 6.07) is 9.47. The molecule has 7 heteroatoms. The van der Waals surface area contributed by atoms with Crippen LogP contribution >= 0.6 is 0 Å². The molecule has 7 nitrogen and oxygen atoms in total. The van der Waals surface area contributed by atoms with E-state index in [1.54, 1.807) is 0 Å². The lowest BCUT2D eigenvalue weighted by Gasteiger charge is -2.38. The molecule has 2 aromatic rings. The third-order valence-electron chi connectivity index (χ3n) is 6.38. The van der Waals surface area contributed by atoms with Gasteiger partial charge in [0.15, 0.2) is 5.82 Å². The molecule has 1 aliphatic heterocycles. The van der Waals surface area contributed by atoms with Crippen molar-refractivity contribution in [2.24, 2.45) is 0 Å². The first kappa shape index (κ1) is 19.3. The van der Waals surface area contributed by atoms with Crippen molar-refractivity contribution in [2.45, 2.75) is 44.7 Å². The summed E-state index contributed by atoms with van der Waals surface area (Å²) in [6.45, 7) is 7.67. The number of nitrogens with zero attached hydrogens (tertiary/aromatic N) is 7. The second-order valence-corrected chi connectivity index (χ2v) is 8.28. The lowest BCUT2D eigenvalue weighted by molar-refractivity contribution is 0.107. The standard InChI is InChI=1S/C21H33N7/c1-4-26-13-15-27(16-14-26)20(17-9-11-18(12-10-17)25(2)3)21-22-23-24-28(21)19-7-5-6-8-19/h9-12,19-20H,4-8,13-16H2,1-3H3. The van der Waals surface area contributed by atoms with Crippen molar-refractivity contribution in [1.29, 1.82) is 0 Å². The van der Waals surface area contributed by atoms with Gasteiger partial charge in [-0.1, -0.05) is 31.9 Å². The molecule has 4 rings (SSSR count). The maximum atomic E-state index is 4.55. The molecule has 2 fully saturated rings. The Morgan fingerprint density at radius 1 is 1.04 bits per heavy atom. The molecule has 1 aromatic carbocycles. The molecule has 0 spiro atoms. The molecule has 152 valence electrons. The van der Waals surface area contributed by atoms with E-state index in [9.17, 15) is 0 Å². The van der Waals surface area contributed by atoms with Crippen LogP contribution in [0.25, 0.3) is 0 Å². The summed E-state index contributed by atoms with van der Waals surface area (Å²) in [5.41, 5.74) is 2.50. The fourth-order valence-corrected chi connectivity index (χ4v) is 4.61. The number of hydrogen-bond acceptors (Lipinski definition) is 6. The molecule has 1 saturated carbocycles. The third-order valence-corrected chi connectivity index (χ3v) is 6.38. The first-order valence-electron chi connectivity index (χ1n) is 10.7. The van der Waals surface area contributed by atoms with E-state index in [2.05, 4.69) is 80.2 Å². The molecular weight excluding hydrogens is 350 g/mol. The van der Waals surface area contributed by atoms with Crippen molar-refractivity contribution in [1.82, 2.24) is 30.0 Å². The van der Waals surface area contributed by atoms with Crippen LogP contribution in [-0.2, 0) is 0 Å². The van der Waals surface area contributed by atoms with Crippen LogP contribution in [0.4, 0.5) is 5.69 Å². The van der Waals surface area contributed by atoms with E-state index < -0.39 is 0 Å². The highest BCUT2D eigenvalue weighted by Gasteiger charge is 2.32. The molecule has 2 heterocycles. The van der Waals surface area contributed by atoms with Gasteiger partial charge in [-0.3, -0.25) is 4.90 Å². The van der Waals surface area contributed by atoms with E-state index in [-0.39, 0.29) is 6.04 Å². The van der Waals surface area contributed by atoms with Crippen molar-refractivity contribution >= 4 is 5.69 Å². The van der Waals surface area contributed by atoms with Gasteiger partial charge in [-0.2, -0.15) is 0 Å². The Morgan fingerprint density at radius 2 is 1.71 bits per heavy atom. The van der Waals surface area contributed by atoms with Gasteiger partial charge in [0.2, 0.25) is 0 Å². The number of anilines is 1. The van der Waals surface area contributed by atoms with E-state index in [1.165, 1.54) is 36.9 Å². The number of aromatic nitrogens is 4. The van der Waals surface area contributed by atoms with Crippen LogP contribution in [0.1, 0.15) is 56.1 Å². The molecule has 1 aliphatic carbocycles. The molecule has 0 N–H and O–H groups in total. The van der Waals surface area contributed by atoms with E-state index in [0.717, 1.165) is 38.5 Å². The molecule has 0 amide bonds. The Morgan fingerprint density at radius 3 is 2.32 bits per heavy atom. The monoisotopic (exact) mass is 383 g/mol. The fraction of sp³-hybridized carbons (Fsp3) is 0.667. The van der Waals surface area contributed by atoms with E-state index >= 15 is 0 Å². The summed E-state index contributed by atoms with van der Waals surface area (Å²) >= 11 is 0. The van der Waals surface area contributed by atoms with Crippen LogP contribution in [0.2, 0.25) is 0 Å². The van der Waals surface area contributed by atoms with Crippen molar-refractivity contribution in [2.75, 3.05) is 51.7 Å². The SMILES string of the molecule is CCN1CCN(C(c2ccc(N(C)C)cc2)c2nnnn2C2CCCC2)CC1. The maximum absolute atomic E-state index is 4.55. The minimum atomic E-state index is 0.116. The maximum Gasteiger partial charge on any atom is 0.173 e. The van der Waals surface area contributed by atoms with Gasteiger partial charge in [0.1, 0.15) is 0 Å². The van der Waals surface area contributed by atoms with Crippen molar-refractivity contribution in [3.05, 3.63) is 35.7 Å². The highest BCUT2D eigenvalue weighted by molar-refractivity contribution is 5.47. The Hall–Kier alpha value is -1.99. The van der Waals surface area contributed by atoms with Crippen LogP contribution in [0.5, 0.6) is 0 Å². The average Bonchev–Trinajstić information content (AvgIpc) is 3.41. The number of benzene rings is 1. The van der Waals surface area contributed by atoms with Gasteiger partial charge in [-0.05, 0) is 47.5 Å². The summed E-state index contributed by atoms with van der Waals surface area (Å²) < 4.78 is 2.13. The van der Waals surface area contributed by atoms with E-state index in [4.69, 9.17) is 0 Å². The van der Waals surface area contributed by atoms with Gasteiger partial charge in [-0.25, -0.2) is 4.68 Å². The first-order valence-corrected chi connectivity index (χ1v) is 10.7. The first-order chi connectivity index (χ1) is 13.7. The van der Waals surface area contributed by atoms with Gasteiger partial charge >= 0.3 is 0 Å². The Balaban J connectivity index is 1.67. The number of hydrogen-bond donors (Lipinski definition) is 0. The molecule has 1 unspecified atom stereocenters. The smallest absolute Gasteiger partial charge is 0.173 e. The molecule has 2 aliphatic rings. The second kappa shape index (κ2) is 8.57. The fourth-order valence-electron chi connectivity index (χ4n) is 4.61. The summed E-state index contributed by atoms with van der Waals surface area (Å²) in [4.78, 5) is 7.22. The highest BCUT2D eigenvalue weighted by Crippen LogP contribution is 2.34. The van der Waals surface area contributed by atoms with Crippen LogP contribution in [0.15, 0.2) is 24.3 Å². The number of likely N-dealkylation sites (N-methyl/N-ethyl adjacent to an activating group) is 1. The van der Waals surface area contributed by atoms with Gasteiger partial charge in [-0.15, -0.1) is 5.10 Å². The molecule has 0 radical (unpaired) electrons. The largest absolute Gasteiger partial charge is 0.378 e. The lowest BCUT2D eigenvalue weighted by atomic mass is 10.0. The molecule has 1 saturated heterocycles. The third kappa shape index (κ3) is 3.91. The predicted octanol–water partition coefficient (Wildman–Crippen LogP) is 2.58. The lowest BCUT2D eigenvalue weighted by Crippen LogP contribution is -2.48. The second-order valence-electron chi connectivity index (χ2n) is 8.28. The highest BCUT2D eigenvalue weighted by atomic mass is 15.6. The average molecular weight is 384 g/mol. The molecular formula is C21H33N7. The normalized spacial score (nSPS) is 20.5. The zero-order chi connectivity index (χ0) is 19.5. The van der Waals surface area contributed by atoms with Crippen LogP contribution < -0.4 is 4.90 Å². The summed E-state index contributed by atoms with van der Waals surface area (Å²) in [5, 5.41) is 13.1. The van der Waals surface area contributed by atoms with E-state index in [0.29, 0.717) is 6.04 Å². The summed E-state index contributed by atoms with van der Waals surface area (Å²) in [6.07, 6.45) is 4.94. The molecule has 1 aromatic heterocycles. The van der Waals surface area contributed by atoms with Crippen LogP contribution in [0.3, 0.4) is 0 Å². The Labute approximate surface area is 168 Å². The summed E-state index contributed by atoms with van der Waals surface area (Å²) in [5.74, 6) is 1.01. The molecule has 0 bridgehead atoms.